The molecule has 0 bridgehead atoms. The first kappa shape index (κ1) is 14.8. The van der Waals surface area contributed by atoms with E-state index in [1.54, 1.807) is 11.9 Å². The van der Waals surface area contributed by atoms with E-state index in [-0.39, 0.29) is 12.1 Å². The fourth-order valence-electron chi connectivity index (χ4n) is 2.29. The van der Waals surface area contributed by atoms with Gasteiger partial charge in [-0.25, -0.2) is 4.79 Å². The van der Waals surface area contributed by atoms with Gasteiger partial charge in [0.05, 0.1) is 5.92 Å². The van der Waals surface area contributed by atoms with Crippen LogP contribution in [0.4, 0.5) is 4.79 Å². The number of aliphatic carboxylic acids is 1. The summed E-state index contributed by atoms with van der Waals surface area (Å²) in [4.78, 5) is 24.5. The molecule has 1 aliphatic carbocycles. The molecule has 0 spiro atoms. The van der Waals surface area contributed by atoms with Crippen molar-refractivity contribution in [2.75, 3.05) is 27.2 Å². The summed E-state index contributed by atoms with van der Waals surface area (Å²) in [6, 6.07) is -0.397. The third-order valence-electron chi connectivity index (χ3n) is 3.41. The number of urea groups is 1. The highest BCUT2D eigenvalue weighted by Crippen LogP contribution is 2.25. The number of hydrogen-bond donors (Lipinski definition) is 3. The van der Waals surface area contributed by atoms with Gasteiger partial charge in [0.1, 0.15) is 0 Å². The van der Waals surface area contributed by atoms with Crippen molar-refractivity contribution in [2.45, 2.75) is 31.7 Å². The van der Waals surface area contributed by atoms with Crippen LogP contribution in [0.15, 0.2) is 0 Å². The summed E-state index contributed by atoms with van der Waals surface area (Å²) in [5, 5.41) is 14.9. The molecule has 0 aromatic heterocycles. The van der Waals surface area contributed by atoms with Gasteiger partial charge in [-0.05, 0) is 32.9 Å². The molecular weight excluding hydrogens is 234 g/mol. The number of carboxylic acids is 1. The van der Waals surface area contributed by atoms with E-state index in [0.717, 1.165) is 25.8 Å². The molecule has 6 nitrogen and oxygen atoms in total. The monoisotopic (exact) mass is 257 g/mol. The van der Waals surface area contributed by atoms with Crippen molar-refractivity contribution in [2.24, 2.45) is 5.92 Å². The van der Waals surface area contributed by atoms with Crippen LogP contribution in [0, 0.1) is 5.92 Å². The molecule has 2 unspecified atom stereocenters. The number of hydrogen-bond acceptors (Lipinski definition) is 3. The van der Waals surface area contributed by atoms with Crippen molar-refractivity contribution in [1.82, 2.24) is 15.5 Å². The molecule has 0 aromatic rings. The molecule has 1 aliphatic rings. The highest BCUT2D eigenvalue weighted by atomic mass is 16.4. The van der Waals surface area contributed by atoms with Crippen LogP contribution in [0.3, 0.4) is 0 Å². The van der Waals surface area contributed by atoms with Gasteiger partial charge in [-0.15, -0.1) is 0 Å². The average Bonchev–Trinajstić information content (AvgIpc) is 2.77. The Hall–Kier alpha value is -1.30. The maximum absolute atomic E-state index is 11.9. The lowest BCUT2D eigenvalue weighted by Crippen LogP contribution is -2.46. The average molecular weight is 257 g/mol. The number of carbonyl (C=O) groups is 2. The van der Waals surface area contributed by atoms with Crippen LogP contribution in [-0.4, -0.2) is 55.2 Å². The summed E-state index contributed by atoms with van der Waals surface area (Å²) in [6.07, 6.45) is 3.16. The number of rotatable bonds is 6. The molecule has 0 aliphatic heterocycles. The molecule has 2 atom stereocenters. The molecule has 2 amide bonds. The predicted octanol–water partition coefficient (Wildman–Crippen LogP) is 0.491. The summed E-state index contributed by atoms with van der Waals surface area (Å²) in [5.41, 5.74) is 0. The van der Waals surface area contributed by atoms with E-state index in [1.165, 1.54) is 0 Å². The first-order valence-electron chi connectivity index (χ1n) is 6.45. The SMILES string of the molecule is CNCCCN(C)C(=O)NC1CCCC1C(=O)O. The van der Waals surface area contributed by atoms with Crippen molar-refractivity contribution >= 4 is 12.0 Å². The van der Waals surface area contributed by atoms with Gasteiger partial charge in [-0.2, -0.15) is 0 Å². The van der Waals surface area contributed by atoms with E-state index in [2.05, 4.69) is 10.6 Å². The second-order valence-electron chi connectivity index (χ2n) is 4.81. The van der Waals surface area contributed by atoms with Gasteiger partial charge in [0.25, 0.3) is 0 Å². The van der Waals surface area contributed by atoms with Crippen molar-refractivity contribution in [3.05, 3.63) is 0 Å². The van der Waals surface area contributed by atoms with E-state index in [1.807, 2.05) is 7.05 Å². The van der Waals surface area contributed by atoms with Crippen molar-refractivity contribution in [1.29, 1.82) is 0 Å². The van der Waals surface area contributed by atoms with Crippen LogP contribution in [0.25, 0.3) is 0 Å². The van der Waals surface area contributed by atoms with Gasteiger partial charge in [-0.1, -0.05) is 6.42 Å². The molecule has 0 heterocycles. The third kappa shape index (κ3) is 4.18. The van der Waals surface area contributed by atoms with Crippen molar-refractivity contribution < 1.29 is 14.7 Å². The van der Waals surface area contributed by atoms with Crippen LogP contribution in [-0.2, 0) is 4.79 Å². The molecule has 18 heavy (non-hydrogen) atoms. The van der Waals surface area contributed by atoms with E-state index in [4.69, 9.17) is 5.11 Å². The van der Waals surface area contributed by atoms with E-state index < -0.39 is 11.9 Å². The van der Waals surface area contributed by atoms with Crippen LogP contribution < -0.4 is 10.6 Å². The molecule has 0 aromatic carbocycles. The first-order chi connectivity index (χ1) is 8.56. The molecule has 1 fully saturated rings. The van der Waals surface area contributed by atoms with Gasteiger partial charge in [0.15, 0.2) is 0 Å². The normalized spacial score (nSPS) is 22.8. The largest absolute Gasteiger partial charge is 0.481 e. The van der Waals surface area contributed by atoms with E-state index in [9.17, 15) is 9.59 Å². The second kappa shape index (κ2) is 7.20. The summed E-state index contributed by atoms with van der Waals surface area (Å²) >= 11 is 0. The lowest BCUT2D eigenvalue weighted by molar-refractivity contribution is -0.142. The van der Waals surface area contributed by atoms with E-state index >= 15 is 0 Å². The molecule has 104 valence electrons. The number of nitrogens with zero attached hydrogens (tertiary/aromatic N) is 1. The van der Waals surface area contributed by atoms with Crippen LogP contribution in [0.5, 0.6) is 0 Å². The zero-order chi connectivity index (χ0) is 13.5. The molecular formula is C12H23N3O3. The summed E-state index contributed by atoms with van der Waals surface area (Å²) < 4.78 is 0. The maximum Gasteiger partial charge on any atom is 0.317 e. The molecule has 6 heteroatoms. The fourth-order valence-corrected chi connectivity index (χ4v) is 2.29. The third-order valence-corrected chi connectivity index (χ3v) is 3.41. The number of carboxylic acid groups (broad SMARTS) is 1. The molecule has 0 radical (unpaired) electrons. The smallest absolute Gasteiger partial charge is 0.317 e. The zero-order valence-electron chi connectivity index (χ0n) is 11.1. The lowest BCUT2D eigenvalue weighted by atomic mass is 10.0. The Morgan fingerprint density at radius 1 is 1.39 bits per heavy atom. The zero-order valence-corrected chi connectivity index (χ0v) is 11.1. The summed E-state index contributed by atoms with van der Waals surface area (Å²) in [5.74, 6) is -1.24. The highest BCUT2D eigenvalue weighted by molar-refractivity contribution is 5.77. The van der Waals surface area contributed by atoms with Gasteiger partial charge >= 0.3 is 12.0 Å². The van der Waals surface area contributed by atoms with Gasteiger partial charge < -0.3 is 20.6 Å². The van der Waals surface area contributed by atoms with Crippen molar-refractivity contribution in [3.63, 3.8) is 0 Å². The number of carbonyl (C=O) groups excluding carboxylic acids is 1. The van der Waals surface area contributed by atoms with Crippen LogP contribution in [0.1, 0.15) is 25.7 Å². The quantitative estimate of drug-likeness (QED) is 0.605. The Kier molecular flexibility index (Phi) is 5.91. The van der Waals surface area contributed by atoms with Gasteiger partial charge in [0, 0.05) is 19.6 Å². The Labute approximate surface area is 108 Å². The second-order valence-corrected chi connectivity index (χ2v) is 4.81. The topological polar surface area (TPSA) is 81.7 Å². The Balaban J connectivity index is 2.36. The minimum Gasteiger partial charge on any atom is -0.481 e. The lowest BCUT2D eigenvalue weighted by Gasteiger charge is -2.23. The molecule has 3 N–H and O–H groups in total. The molecule has 1 rings (SSSR count). The standard InChI is InChI=1S/C12H23N3O3/c1-13-7-4-8-15(2)12(18)14-10-6-3-5-9(10)11(16)17/h9-10,13H,3-8H2,1-2H3,(H,14,18)(H,16,17). The van der Waals surface area contributed by atoms with Gasteiger partial charge in [0.2, 0.25) is 0 Å². The minimum atomic E-state index is -0.810. The van der Waals surface area contributed by atoms with E-state index in [0.29, 0.717) is 13.0 Å². The summed E-state index contributed by atoms with van der Waals surface area (Å²) in [6.45, 7) is 1.52. The van der Waals surface area contributed by atoms with Crippen LogP contribution in [0.2, 0.25) is 0 Å². The number of amides is 2. The van der Waals surface area contributed by atoms with Gasteiger partial charge in [-0.3, -0.25) is 4.79 Å². The molecule has 1 saturated carbocycles. The van der Waals surface area contributed by atoms with Crippen LogP contribution >= 0.6 is 0 Å². The predicted molar refractivity (Wildman–Crippen MR) is 68.5 cm³/mol. The molecule has 0 saturated heterocycles. The first-order valence-corrected chi connectivity index (χ1v) is 6.45. The minimum absolute atomic E-state index is 0.177. The summed E-state index contributed by atoms with van der Waals surface area (Å²) in [7, 11) is 3.60. The highest BCUT2D eigenvalue weighted by Gasteiger charge is 2.34. The van der Waals surface area contributed by atoms with Crippen molar-refractivity contribution in [3.8, 4) is 0 Å². The fraction of sp³-hybridized carbons (Fsp3) is 0.833. The maximum atomic E-state index is 11.9. The Morgan fingerprint density at radius 3 is 2.72 bits per heavy atom. The Bertz CT molecular complexity index is 296. The Morgan fingerprint density at radius 2 is 2.11 bits per heavy atom. The number of nitrogens with one attached hydrogen (secondary N) is 2.